The van der Waals surface area contributed by atoms with Gasteiger partial charge in [0.1, 0.15) is 18.2 Å². The Labute approximate surface area is 199 Å². The monoisotopic (exact) mass is 468 g/mol. The molecule has 3 N–H and O–H groups in total. The molecule has 2 amide bonds. The van der Waals surface area contributed by atoms with Gasteiger partial charge in [0.15, 0.2) is 0 Å². The van der Waals surface area contributed by atoms with Crippen molar-refractivity contribution in [3.63, 3.8) is 0 Å². The number of fused-ring (bicyclic) bond motifs is 3. The summed E-state index contributed by atoms with van der Waals surface area (Å²) in [5, 5.41) is 14.4. The Morgan fingerprint density at radius 3 is 2.09 bits per heavy atom. The second kappa shape index (κ2) is 11.0. The zero-order valence-corrected chi connectivity index (χ0v) is 19.8. The first kappa shape index (κ1) is 25.1. The third-order valence-electron chi connectivity index (χ3n) is 5.52. The Morgan fingerprint density at radius 2 is 1.53 bits per heavy atom. The van der Waals surface area contributed by atoms with Crippen molar-refractivity contribution in [3.05, 3.63) is 59.7 Å². The van der Waals surface area contributed by atoms with E-state index < -0.39 is 29.8 Å². The van der Waals surface area contributed by atoms with Crippen LogP contribution in [0.5, 0.6) is 0 Å². The van der Waals surface area contributed by atoms with E-state index in [-0.39, 0.29) is 18.9 Å². The molecule has 0 bridgehead atoms. The predicted molar refractivity (Wildman–Crippen MR) is 128 cm³/mol. The maximum Gasteiger partial charge on any atom is 0.408 e. The maximum absolute atomic E-state index is 12.2. The highest BCUT2D eigenvalue weighted by molar-refractivity contribution is 5.80. The first-order valence-corrected chi connectivity index (χ1v) is 11.5. The number of carboxylic acids is 1. The van der Waals surface area contributed by atoms with Gasteiger partial charge >= 0.3 is 18.2 Å². The molecule has 8 nitrogen and oxygen atoms in total. The van der Waals surface area contributed by atoms with E-state index in [1.54, 1.807) is 20.8 Å². The molecule has 182 valence electrons. The van der Waals surface area contributed by atoms with Gasteiger partial charge in [-0.25, -0.2) is 14.4 Å². The van der Waals surface area contributed by atoms with Gasteiger partial charge in [-0.1, -0.05) is 48.5 Å². The number of benzene rings is 2. The largest absolute Gasteiger partial charge is 0.480 e. The van der Waals surface area contributed by atoms with Crippen molar-refractivity contribution in [1.82, 2.24) is 10.6 Å². The maximum atomic E-state index is 12.2. The normalized spacial score (nSPS) is 13.4. The van der Waals surface area contributed by atoms with E-state index in [0.717, 1.165) is 11.1 Å². The van der Waals surface area contributed by atoms with E-state index >= 15 is 0 Å². The highest BCUT2D eigenvalue weighted by Gasteiger charge is 2.29. The van der Waals surface area contributed by atoms with Gasteiger partial charge in [-0.2, -0.15) is 0 Å². The average Bonchev–Trinajstić information content (AvgIpc) is 3.09. The van der Waals surface area contributed by atoms with Gasteiger partial charge in [0.25, 0.3) is 0 Å². The molecule has 1 aliphatic rings. The second-order valence-corrected chi connectivity index (χ2v) is 9.29. The molecule has 8 heteroatoms. The summed E-state index contributed by atoms with van der Waals surface area (Å²) >= 11 is 0. The topological polar surface area (TPSA) is 114 Å². The lowest BCUT2D eigenvalue weighted by Gasteiger charge is -2.22. The number of nitrogens with one attached hydrogen (secondary N) is 2. The minimum atomic E-state index is -1.13. The fourth-order valence-electron chi connectivity index (χ4n) is 4.02. The number of hydrogen-bond acceptors (Lipinski definition) is 5. The van der Waals surface area contributed by atoms with Gasteiger partial charge in [0.05, 0.1) is 0 Å². The number of amides is 2. The molecule has 0 saturated carbocycles. The Bertz CT molecular complexity index is 984. The molecule has 2 aromatic carbocycles. The SMILES string of the molecule is CC(C)(C)OC(=O)N[C@H](CCCCNC(=O)OCC1c2ccccc2-c2ccccc21)C(=O)O. The van der Waals surface area contributed by atoms with E-state index in [9.17, 15) is 19.5 Å². The number of unbranched alkanes of at least 4 members (excludes halogenated alkanes) is 1. The molecule has 0 radical (unpaired) electrons. The van der Waals surface area contributed by atoms with Crippen LogP contribution in [-0.4, -0.2) is 48.1 Å². The zero-order chi connectivity index (χ0) is 24.7. The molecule has 0 aromatic heterocycles. The number of carbonyl (C=O) groups excluding carboxylic acids is 2. The third kappa shape index (κ3) is 6.73. The minimum absolute atomic E-state index is 0.00611. The summed E-state index contributed by atoms with van der Waals surface area (Å²) in [5.74, 6) is -1.14. The smallest absolute Gasteiger partial charge is 0.408 e. The molecule has 0 heterocycles. The van der Waals surface area contributed by atoms with Crippen molar-refractivity contribution >= 4 is 18.2 Å². The number of hydrogen-bond donors (Lipinski definition) is 3. The van der Waals surface area contributed by atoms with E-state index in [4.69, 9.17) is 9.47 Å². The molecule has 0 fully saturated rings. The van der Waals surface area contributed by atoms with Crippen LogP contribution in [0.15, 0.2) is 48.5 Å². The predicted octanol–water partition coefficient (Wildman–Crippen LogP) is 4.67. The molecule has 0 unspecified atom stereocenters. The van der Waals surface area contributed by atoms with Crippen molar-refractivity contribution < 1.29 is 29.0 Å². The van der Waals surface area contributed by atoms with E-state index in [1.807, 2.05) is 24.3 Å². The van der Waals surface area contributed by atoms with Crippen molar-refractivity contribution in [3.8, 4) is 11.1 Å². The van der Waals surface area contributed by atoms with Crippen LogP contribution < -0.4 is 10.6 Å². The second-order valence-electron chi connectivity index (χ2n) is 9.29. The molecule has 0 aliphatic heterocycles. The van der Waals surface area contributed by atoms with Crippen molar-refractivity contribution in [2.24, 2.45) is 0 Å². The van der Waals surface area contributed by atoms with Crippen LogP contribution in [0, 0.1) is 0 Å². The number of carboxylic acid groups (broad SMARTS) is 1. The van der Waals surface area contributed by atoms with Crippen LogP contribution in [0.1, 0.15) is 57.1 Å². The summed E-state index contributed by atoms with van der Waals surface area (Å²) in [6, 6.07) is 15.2. The summed E-state index contributed by atoms with van der Waals surface area (Å²) in [5.41, 5.74) is 3.92. The van der Waals surface area contributed by atoms with Gasteiger partial charge in [-0.15, -0.1) is 0 Å². The van der Waals surface area contributed by atoms with Crippen LogP contribution in [0.2, 0.25) is 0 Å². The Kier molecular flexibility index (Phi) is 8.15. The number of ether oxygens (including phenoxy) is 2. The lowest BCUT2D eigenvalue weighted by Crippen LogP contribution is -2.43. The number of aliphatic carboxylic acids is 1. The lowest BCUT2D eigenvalue weighted by atomic mass is 9.98. The van der Waals surface area contributed by atoms with Gasteiger partial charge in [-0.3, -0.25) is 0 Å². The van der Waals surface area contributed by atoms with Crippen LogP contribution in [-0.2, 0) is 14.3 Å². The summed E-state index contributed by atoms with van der Waals surface area (Å²) in [6.07, 6.45) is -0.0124. The first-order chi connectivity index (χ1) is 16.2. The Morgan fingerprint density at radius 1 is 0.941 bits per heavy atom. The third-order valence-corrected chi connectivity index (χ3v) is 5.52. The van der Waals surface area contributed by atoms with Gasteiger partial charge in [0.2, 0.25) is 0 Å². The molecule has 1 aliphatic carbocycles. The first-order valence-electron chi connectivity index (χ1n) is 11.5. The van der Waals surface area contributed by atoms with Gasteiger partial charge in [-0.05, 0) is 62.3 Å². The van der Waals surface area contributed by atoms with Gasteiger partial charge in [0, 0.05) is 12.5 Å². The van der Waals surface area contributed by atoms with E-state index in [1.165, 1.54) is 11.1 Å². The summed E-state index contributed by atoms with van der Waals surface area (Å²) in [4.78, 5) is 35.4. The molecule has 0 saturated heterocycles. The standard InChI is InChI=1S/C26H32N2O6/c1-26(2,3)34-25(32)28-22(23(29)30)14-8-9-15-27-24(31)33-16-21-19-12-6-4-10-17(19)18-11-5-7-13-20(18)21/h4-7,10-13,21-22H,8-9,14-16H2,1-3H3,(H,27,31)(H,28,32)(H,29,30)/t22-/m1/s1. The molecular weight excluding hydrogens is 436 g/mol. The Hall–Kier alpha value is -3.55. The average molecular weight is 469 g/mol. The van der Waals surface area contributed by atoms with Crippen molar-refractivity contribution in [2.45, 2.75) is 57.6 Å². The summed E-state index contributed by atoms with van der Waals surface area (Å²) in [7, 11) is 0. The number of alkyl carbamates (subject to hydrolysis) is 2. The molecule has 2 aromatic rings. The highest BCUT2D eigenvalue weighted by Crippen LogP contribution is 2.44. The van der Waals surface area contributed by atoms with E-state index in [2.05, 4.69) is 34.9 Å². The summed E-state index contributed by atoms with van der Waals surface area (Å²) < 4.78 is 10.6. The minimum Gasteiger partial charge on any atom is -0.480 e. The molecule has 0 spiro atoms. The van der Waals surface area contributed by atoms with E-state index in [0.29, 0.717) is 19.4 Å². The van der Waals surface area contributed by atoms with Gasteiger partial charge < -0.3 is 25.2 Å². The molecule has 1 atom stereocenters. The fourth-order valence-corrected chi connectivity index (χ4v) is 4.02. The molecular formula is C26H32N2O6. The number of carbonyl (C=O) groups is 3. The Balaban J connectivity index is 1.40. The fraction of sp³-hybridized carbons (Fsp3) is 0.423. The lowest BCUT2D eigenvalue weighted by molar-refractivity contribution is -0.139. The quantitative estimate of drug-likeness (QED) is 0.461. The van der Waals surface area contributed by atoms with Crippen molar-refractivity contribution in [1.29, 1.82) is 0 Å². The molecule has 34 heavy (non-hydrogen) atoms. The van der Waals surface area contributed by atoms with Crippen LogP contribution in [0.3, 0.4) is 0 Å². The van der Waals surface area contributed by atoms with Crippen molar-refractivity contribution in [2.75, 3.05) is 13.2 Å². The van der Waals surface area contributed by atoms with Crippen LogP contribution >= 0.6 is 0 Å². The summed E-state index contributed by atoms with van der Waals surface area (Å²) in [6.45, 7) is 5.70. The van der Waals surface area contributed by atoms with Crippen LogP contribution in [0.4, 0.5) is 9.59 Å². The zero-order valence-electron chi connectivity index (χ0n) is 19.8. The van der Waals surface area contributed by atoms with Crippen LogP contribution in [0.25, 0.3) is 11.1 Å². The molecule has 3 rings (SSSR count). The number of rotatable bonds is 9. The highest BCUT2D eigenvalue weighted by atomic mass is 16.6.